The van der Waals surface area contributed by atoms with Crippen molar-refractivity contribution in [2.75, 3.05) is 5.32 Å². The minimum absolute atomic E-state index is 0.00316. The molecule has 1 atom stereocenters. The fourth-order valence-corrected chi connectivity index (χ4v) is 3.46. The molecule has 1 heterocycles. The van der Waals surface area contributed by atoms with Gasteiger partial charge in [0.25, 0.3) is 5.91 Å². The zero-order chi connectivity index (χ0) is 15.0. The second-order valence-electron chi connectivity index (χ2n) is 7.03. The van der Waals surface area contributed by atoms with Crippen molar-refractivity contribution in [3.05, 3.63) is 29.3 Å². The molecular formula is C17H22N2O2. The third kappa shape index (κ3) is 3.09. The van der Waals surface area contributed by atoms with Crippen LogP contribution in [0.3, 0.4) is 0 Å². The Morgan fingerprint density at radius 3 is 2.95 bits per heavy atom. The number of hydrogen-bond donors (Lipinski definition) is 2. The number of benzene rings is 1. The highest BCUT2D eigenvalue weighted by Crippen LogP contribution is 2.35. The summed E-state index contributed by atoms with van der Waals surface area (Å²) in [6.45, 7) is 4.52. The Bertz CT molecular complexity index is 592. The number of anilines is 1. The van der Waals surface area contributed by atoms with Gasteiger partial charge in [0.15, 0.2) is 0 Å². The number of carbonyl (C=O) groups excluding carboxylic acids is 2. The zero-order valence-electron chi connectivity index (χ0n) is 12.7. The molecule has 1 unspecified atom stereocenters. The fourth-order valence-electron chi connectivity index (χ4n) is 3.46. The molecule has 0 saturated heterocycles. The van der Waals surface area contributed by atoms with Gasteiger partial charge in [0.2, 0.25) is 5.91 Å². The van der Waals surface area contributed by atoms with E-state index < -0.39 is 0 Å². The summed E-state index contributed by atoms with van der Waals surface area (Å²) in [6, 6.07) is 5.69. The smallest absolute Gasteiger partial charge is 0.251 e. The summed E-state index contributed by atoms with van der Waals surface area (Å²) in [7, 11) is 0. The number of carbonyl (C=O) groups is 2. The van der Waals surface area contributed by atoms with Crippen LogP contribution in [0.1, 0.15) is 55.5 Å². The molecule has 4 heteroatoms. The molecule has 2 aliphatic rings. The molecule has 2 amide bonds. The van der Waals surface area contributed by atoms with Crippen molar-refractivity contribution in [3.63, 3.8) is 0 Å². The first-order valence-corrected chi connectivity index (χ1v) is 7.67. The maximum Gasteiger partial charge on any atom is 0.251 e. The first-order chi connectivity index (χ1) is 9.93. The highest BCUT2D eigenvalue weighted by Gasteiger charge is 2.29. The van der Waals surface area contributed by atoms with Crippen LogP contribution in [0.15, 0.2) is 18.2 Å². The van der Waals surface area contributed by atoms with E-state index >= 15 is 0 Å². The van der Waals surface area contributed by atoms with E-state index in [2.05, 4.69) is 24.5 Å². The van der Waals surface area contributed by atoms with Gasteiger partial charge in [-0.1, -0.05) is 20.3 Å². The van der Waals surface area contributed by atoms with E-state index in [0.29, 0.717) is 17.4 Å². The van der Waals surface area contributed by atoms with Crippen LogP contribution in [0.2, 0.25) is 0 Å². The lowest BCUT2D eigenvalue weighted by Gasteiger charge is -2.35. The lowest BCUT2D eigenvalue weighted by molar-refractivity contribution is -0.115. The van der Waals surface area contributed by atoms with Gasteiger partial charge in [-0.2, -0.15) is 0 Å². The minimum atomic E-state index is -0.0279. The Morgan fingerprint density at radius 1 is 1.38 bits per heavy atom. The Balaban J connectivity index is 1.69. The van der Waals surface area contributed by atoms with E-state index in [-0.39, 0.29) is 17.9 Å². The van der Waals surface area contributed by atoms with Crippen LogP contribution >= 0.6 is 0 Å². The van der Waals surface area contributed by atoms with Gasteiger partial charge >= 0.3 is 0 Å². The van der Waals surface area contributed by atoms with Gasteiger partial charge in [-0.05, 0) is 48.4 Å². The van der Waals surface area contributed by atoms with Crippen molar-refractivity contribution in [1.82, 2.24) is 5.32 Å². The van der Waals surface area contributed by atoms with Crippen LogP contribution in [0.5, 0.6) is 0 Å². The Morgan fingerprint density at radius 2 is 2.19 bits per heavy atom. The predicted octanol–water partition coefficient (Wildman–Crippen LogP) is 2.88. The highest BCUT2D eigenvalue weighted by atomic mass is 16.2. The van der Waals surface area contributed by atoms with E-state index in [1.54, 1.807) is 6.07 Å². The SMILES string of the molecule is CC1(C)CCCC(NC(=O)c2ccc3c(c2)CC(=O)N3)C1. The third-order valence-electron chi connectivity index (χ3n) is 4.53. The molecule has 21 heavy (non-hydrogen) atoms. The summed E-state index contributed by atoms with van der Waals surface area (Å²) in [5.74, 6) is -0.0311. The molecule has 0 radical (unpaired) electrons. The molecule has 2 N–H and O–H groups in total. The summed E-state index contributed by atoms with van der Waals surface area (Å²) >= 11 is 0. The molecule has 0 aromatic heterocycles. The molecule has 0 bridgehead atoms. The van der Waals surface area contributed by atoms with Crippen molar-refractivity contribution in [2.45, 2.75) is 52.0 Å². The lowest BCUT2D eigenvalue weighted by Crippen LogP contribution is -2.40. The largest absolute Gasteiger partial charge is 0.349 e. The van der Waals surface area contributed by atoms with Gasteiger partial charge in [0.1, 0.15) is 0 Å². The third-order valence-corrected chi connectivity index (χ3v) is 4.53. The van der Waals surface area contributed by atoms with Crippen molar-refractivity contribution in [2.24, 2.45) is 5.41 Å². The van der Waals surface area contributed by atoms with Crippen LogP contribution in [0.25, 0.3) is 0 Å². The number of amides is 2. The van der Waals surface area contributed by atoms with E-state index in [1.807, 2.05) is 12.1 Å². The maximum atomic E-state index is 12.4. The molecule has 3 rings (SSSR count). The van der Waals surface area contributed by atoms with Gasteiger partial charge in [0, 0.05) is 17.3 Å². The standard InChI is InChI=1S/C17H22N2O2/c1-17(2)7-3-4-13(10-17)18-16(21)11-5-6-14-12(8-11)9-15(20)19-14/h5-6,8,13H,3-4,7,9-10H2,1-2H3,(H,18,21)(H,19,20). The Hall–Kier alpha value is -1.84. The molecule has 1 aliphatic carbocycles. The minimum Gasteiger partial charge on any atom is -0.349 e. The molecule has 4 nitrogen and oxygen atoms in total. The summed E-state index contributed by atoms with van der Waals surface area (Å²) in [5.41, 5.74) is 2.70. The van der Waals surface area contributed by atoms with Crippen LogP contribution < -0.4 is 10.6 Å². The van der Waals surface area contributed by atoms with Gasteiger partial charge in [-0.3, -0.25) is 9.59 Å². The van der Waals surface area contributed by atoms with Crippen molar-refractivity contribution >= 4 is 17.5 Å². The summed E-state index contributed by atoms with van der Waals surface area (Å²) < 4.78 is 0. The number of rotatable bonds is 2. The monoisotopic (exact) mass is 286 g/mol. The first kappa shape index (κ1) is 14.1. The summed E-state index contributed by atoms with van der Waals surface area (Å²) in [6.07, 6.45) is 4.85. The molecule has 0 spiro atoms. The highest BCUT2D eigenvalue weighted by molar-refractivity contribution is 6.01. The normalized spacial score (nSPS) is 23.3. The molecule has 1 aromatic rings. The molecular weight excluding hydrogens is 264 g/mol. The number of hydrogen-bond acceptors (Lipinski definition) is 2. The molecule has 1 aromatic carbocycles. The second kappa shape index (κ2) is 5.17. The van der Waals surface area contributed by atoms with Gasteiger partial charge in [-0.25, -0.2) is 0 Å². The maximum absolute atomic E-state index is 12.4. The van der Waals surface area contributed by atoms with Crippen molar-refractivity contribution in [1.29, 1.82) is 0 Å². The van der Waals surface area contributed by atoms with E-state index in [9.17, 15) is 9.59 Å². The topological polar surface area (TPSA) is 58.2 Å². The molecule has 1 aliphatic heterocycles. The van der Waals surface area contributed by atoms with E-state index in [4.69, 9.17) is 0 Å². The van der Waals surface area contributed by atoms with Crippen LogP contribution in [-0.2, 0) is 11.2 Å². The van der Waals surface area contributed by atoms with Gasteiger partial charge in [-0.15, -0.1) is 0 Å². The summed E-state index contributed by atoms with van der Waals surface area (Å²) in [5, 5.41) is 5.93. The van der Waals surface area contributed by atoms with Crippen molar-refractivity contribution < 1.29 is 9.59 Å². The van der Waals surface area contributed by atoms with Gasteiger partial charge < -0.3 is 10.6 Å². The first-order valence-electron chi connectivity index (χ1n) is 7.67. The lowest BCUT2D eigenvalue weighted by atomic mass is 9.75. The molecule has 112 valence electrons. The van der Waals surface area contributed by atoms with Gasteiger partial charge in [0.05, 0.1) is 6.42 Å². The second-order valence-corrected chi connectivity index (χ2v) is 7.03. The van der Waals surface area contributed by atoms with E-state index in [0.717, 1.165) is 24.1 Å². The average Bonchev–Trinajstić information content (AvgIpc) is 2.76. The van der Waals surface area contributed by atoms with E-state index in [1.165, 1.54) is 12.8 Å². The predicted molar refractivity (Wildman–Crippen MR) is 82.3 cm³/mol. The molecule has 1 saturated carbocycles. The summed E-state index contributed by atoms with van der Waals surface area (Å²) in [4.78, 5) is 23.7. The average molecular weight is 286 g/mol. The van der Waals surface area contributed by atoms with Crippen LogP contribution in [-0.4, -0.2) is 17.9 Å². The van der Waals surface area contributed by atoms with Crippen molar-refractivity contribution in [3.8, 4) is 0 Å². The fraction of sp³-hybridized carbons (Fsp3) is 0.529. The van der Waals surface area contributed by atoms with Crippen LogP contribution in [0.4, 0.5) is 5.69 Å². The molecule has 1 fully saturated rings. The number of fused-ring (bicyclic) bond motifs is 1. The zero-order valence-corrected chi connectivity index (χ0v) is 12.7. The number of nitrogens with one attached hydrogen (secondary N) is 2. The Kier molecular flexibility index (Phi) is 3.47. The van der Waals surface area contributed by atoms with Crippen LogP contribution in [0, 0.1) is 5.41 Å². The Labute approximate surface area is 125 Å². The quantitative estimate of drug-likeness (QED) is 0.878.